The maximum absolute atomic E-state index is 13.3. The van der Waals surface area contributed by atoms with Gasteiger partial charge in [0.15, 0.2) is 11.9 Å². The Morgan fingerprint density at radius 2 is 2.12 bits per heavy atom. The maximum atomic E-state index is 13.3. The van der Waals surface area contributed by atoms with Crippen LogP contribution in [0.2, 0.25) is 0 Å². The number of alkyl halides is 3. The zero-order valence-corrected chi connectivity index (χ0v) is 14.6. The quantitative estimate of drug-likeness (QED) is 0.790. The summed E-state index contributed by atoms with van der Waals surface area (Å²) in [5.74, 6) is -0.460. The molecule has 0 spiro atoms. The van der Waals surface area contributed by atoms with Crippen molar-refractivity contribution in [2.75, 3.05) is 7.05 Å². The Hall–Kier alpha value is -2.56. The van der Waals surface area contributed by atoms with E-state index in [-0.39, 0.29) is 11.6 Å². The van der Waals surface area contributed by atoms with Crippen molar-refractivity contribution in [3.05, 3.63) is 35.9 Å². The molecule has 1 amide bonds. The molecule has 0 aliphatic carbocycles. The van der Waals surface area contributed by atoms with Crippen LogP contribution < -0.4 is 5.32 Å². The van der Waals surface area contributed by atoms with Crippen molar-refractivity contribution < 1.29 is 18.0 Å². The summed E-state index contributed by atoms with van der Waals surface area (Å²) in [6.45, 7) is 3.90. The molecule has 0 aliphatic rings. The van der Waals surface area contributed by atoms with E-state index < -0.39 is 24.7 Å². The zero-order chi connectivity index (χ0) is 19.3. The van der Waals surface area contributed by atoms with Gasteiger partial charge in [-0.1, -0.05) is 6.07 Å². The summed E-state index contributed by atoms with van der Waals surface area (Å²) in [5, 5.41) is 13.0. The summed E-state index contributed by atoms with van der Waals surface area (Å²) in [7, 11) is 1.85. The van der Waals surface area contributed by atoms with Gasteiger partial charge in [0.25, 0.3) is 0 Å². The Labute approximate surface area is 148 Å². The molecular weight excluding hydrogens is 351 g/mol. The molecule has 0 radical (unpaired) electrons. The van der Waals surface area contributed by atoms with E-state index in [1.165, 1.54) is 23.0 Å². The standard InChI is InChI=1S/C15H20F3N7O/c1-10(2)24(3)8-12-21-22-23-25(12)9-13(26)20-14(15(16,17)18)11-5-4-6-19-7-11/h4-7,10,14H,8-9H2,1-3H3,(H,20,26)/t14-/m0/s1. The SMILES string of the molecule is CC(C)N(C)Cc1nnnn1CC(=O)N[C@@H](c1cccnc1)C(F)(F)F. The summed E-state index contributed by atoms with van der Waals surface area (Å²) in [4.78, 5) is 17.8. The maximum Gasteiger partial charge on any atom is 0.412 e. The van der Waals surface area contributed by atoms with Gasteiger partial charge in [0.2, 0.25) is 5.91 Å². The van der Waals surface area contributed by atoms with Crippen molar-refractivity contribution in [2.24, 2.45) is 0 Å². The summed E-state index contributed by atoms with van der Waals surface area (Å²) in [5.41, 5.74) is -0.148. The van der Waals surface area contributed by atoms with Gasteiger partial charge in [0.05, 0.1) is 6.54 Å². The topological polar surface area (TPSA) is 88.8 Å². The van der Waals surface area contributed by atoms with E-state index >= 15 is 0 Å². The molecule has 1 N–H and O–H groups in total. The lowest BCUT2D eigenvalue weighted by atomic mass is 10.1. The number of hydrogen-bond acceptors (Lipinski definition) is 6. The van der Waals surface area contributed by atoms with E-state index in [4.69, 9.17) is 0 Å². The van der Waals surface area contributed by atoms with E-state index in [9.17, 15) is 18.0 Å². The minimum atomic E-state index is -4.65. The molecule has 1 atom stereocenters. The van der Waals surface area contributed by atoms with Gasteiger partial charge < -0.3 is 5.32 Å². The number of carbonyl (C=O) groups excluding carboxylic acids is 1. The number of carbonyl (C=O) groups is 1. The molecule has 0 saturated heterocycles. The molecule has 2 rings (SSSR count). The molecule has 8 nitrogen and oxygen atoms in total. The lowest BCUT2D eigenvalue weighted by molar-refractivity contribution is -0.163. The fourth-order valence-corrected chi connectivity index (χ4v) is 2.11. The summed E-state index contributed by atoms with van der Waals surface area (Å²) in [6.07, 6.45) is -2.23. The highest BCUT2D eigenvalue weighted by Gasteiger charge is 2.42. The van der Waals surface area contributed by atoms with Crippen molar-refractivity contribution in [2.45, 2.75) is 45.2 Å². The van der Waals surface area contributed by atoms with Crippen LogP contribution in [0.3, 0.4) is 0 Å². The molecule has 0 saturated carbocycles. The second kappa shape index (κ2) is 8.21. The molecule has 0 unspecified atom stereocenters. The monoisotopic (exact) mass is 371 g/mol. The lowest BCUT2D eigenvalue weighted by Crippen LogP contribution is -2.40. The first-order chi connectivity index (χ1) is 12.2. The fraction of sp³-hybridized carbons (Fsp3) is 0.533. The van der Waals surface area contributed by atoms with Gasteiger partial charge in [-0.25, -0.2) is 4.68 Å². The number of amides is 1. The number of pyridine rings is 1. The number of nitrogens with zero attached hydrogens (tertiary/aromatic N) is 6. The van der Waals surface area contributed by atoms with Crippen LogP contribution >= 0.6 is 0 Å². The fourth-order valence-electron chi connectivity index (χ4n) is 2.11. The van der Waals surface area contributed by atoms with Crippen LogP contribution in [0.4, 0.5) is 13.2 Å². The Kier molecular flexibility index (Phi) is 6.24. The van der Waals surface area contributed by atoms with Crippen LogP contribution in [0.1, 0.15) is 31.3 Å². The summed E-state index contributed by atoms with van der Waals surface area (Å²) in [6, 6.07) is 0.698. The molecule has 142 valence electrons. The van der Waals surface area contributed by atoms with Crippen molar-refractivity contribution in [3.63, 3.8) is 0 Å². The number of rotatable bonds is 7. The molecule has 2 aromatic rings. The Balaban J connectivity index is 2.09. The van der Waals surface area contributed by atoms with Crippen molar-refractivity contribution >= 4 is 5.91 Å². The normalized spacial score (nSPS) is 13.2. The number of tetrazole rings is 1. The molecule has 0 aliphatic heterocycles. The molecule has 11 heteroatoms. The number of aromatic nitrogens is 5. The molecule has 2 aromatic heterocycles. The average molecular weight is 371 g/mol. The Morgan fingerprint density at radius 3 is 2.69 bits per heavy atom. The van der Waals surface area contributed by atoms with Crippen LogP contribution in [0.15, 0.2) is 24.5 Å². The van der Waals surface area contributed by atoms with Gasteiger partial charge >= 0.3 is 6.18 Å². The predicted molar refractivity (Wildman–Crippen MR) is 85.6 cm³/mol. The van der Waals surface area contributed by atoms with Gasteiger partial charge in [-0.3, -0.25) is 14.7 Å². The van der Waals surface area contributed by atoms with Gasteiger partial charge in [-0.15, -0.1) is 5.10 Å². The van der Waals surface area contributed by atoms with Crippen molar-refractivity contribution in [1.82, 2.24) is 35.4 Å². The average Bonchev–Trinajstić information content (AvgIpc) is 2.99. The van der Waals surface area contributed by atoms with Crippen LogP contribution in [0, 0.1) is 0 Å². The zero-order valence-electron chi connectivity index (χ0n) is 14.6. The van der Waals surface area contributed by atoms with E-state index in [0.29, 0.717) is 12.4 Å². The highest BCUT2D eigenvalue weighted by Crippen LogP contribution is 2.32. The molecule has 0 bridgehead atoms. The largest absolute Gasteiger partial charge is 0.412 e. The van der Waals surface area contributed by atoms with E-state index in [0.717, 1.165) is 6.20 Å². The van der Waals surface area contributed by atoms with Gasteiger partial charge in [-0.05, 0) is 37.4 Å². The molecule has 2 heterocycles. The van der Waals surface area contributed by atoms with Gasteiger partial charge in [0, 0.05) is 24.0 Å². The van der Waals surface area contributed by atoms with Crippen LogP contribution in [0.5, 0.6) is 0 Å². The van der Waals surface area contributed by atoms with E-state index in [1.54, 1.807) is 0 Å². The second-order valence-electron chi connectivity index (χ2n) is 6.09. The van der Waals surface area contributed by atoms with E-state index in [2.05, 4.69) is 20.5 Å². The van der Waals surface area contributed by atoms with Gasteiger partial charge in [-0.2, -0.15) is 13.2 Å². The van der Waals surface area contributed by atoms with Crippen LogP contribution in [-0.2, 0) is 17.9 Å². The van der Waals surface area contributed by atoms with Crippen LogP contribution in [0.25, 0.3) is 0 Å². The third-order valence-electron chi connectivity index (χ3n) is 3.82. The van der Waals surface area contributed by atoms with Crippen molar-refractivity contribution in [3.8, 4) is 0 Å². The third kappa shape index (κ3) is 5.22. The first-order valence-corrected chi connectivity index (χ1v) is 7.89. The van der Waals surface area contributed by atoms with Crippen molar-refractivity contribution in [1.29, 1.82) is 0 Å². The van der Waals surface area contributed by atoms with Crippen LogP contribution in [-0.4, -0.2) is 55.3 Å². The lowest BCUT2D eigenvalue weighted by Gasteiger charge is -2.22. The van der Waals surface area contributed by atoms with E-state index in [1.807, 2.05) is 31.1 Å². The summed E-state index contributed by atoms with van der Waals surface area (Å²) >= 11 is 0. The second-order valence-corrected chi connectivity index (χ2v) is 6.09. The Morgan fingerprint density at radius 1 is 1.38 bits per heavy atom. The molecule has 26 heavy (non-hydrogen) atoms. The number of halogens is 3. The first-order valence-electron chi connectivity index (χ1n) is 7.89. The molecule has 0 aromatic carbocycles. The molecular formula is C15H20F3N7O. The third-order valence-corrected chi connectivity index (χ3v) is 3.82. The molecule has 0 fully saturated rings. The first kappa shape index (κ1) is 19.8. The minimum Gasteiger partial charge on any atom is -0.339 e. The number of nitrogens with one attached hydrogen (secondary N) is 1. The minimum absolute atomic E-state index is 0.148. The predicted octanol–water partition coefficient (Wildman–Crippen LogP) is 1.33. The van der Waals surface area contributed by atoms with Gasteiger partial charge in [0.1, 0.15) is 6.54 Å². The smallest absolute Gasteiger partial charge is 0.339 e. The number of hydrogen-bond donors (Lipinski definition) is 1. The Bertz CT molecular complexity index is 718. The highest BCUT2D eigenvalue weighted by atomic mass is 19.4. The highest BCUT2D eigenvalue weighted by molar-refractivity contribution is 5.76. The summed E-state index contributed by atoms with van der Waals surface area (Å²) < 4.78 is 41.1.